The summed E-state index contributed by atoms with van der Waals surface area (Å²) in [6.07, 6.45) is 3.60. The second-order valence-corrected chi connectivity index (χ2v) is 12.6. The second-order valence-electron chi connectivity index (χ2n) is 12.6. The van der Waals surface area contributed by atoms with E-state index in [-0.39, 0.29) is 17.1 Å². The molecule has 0 bridgehead atoms. The number of carbonyl (C=O) groups is 4. The van der Waals surface area contributed by atoms with Crippen LogP contribution in [0.3, 0.4) is 0 Å². The number of halogens is 1. The Morgan fingerprint density at radius 2 is 1.53 bits per heavy atom. The van der Waals surface area contributed by atoms with Gasteiger partial charge in [-0.15, -0.1) is 0 Å². The third-order valence-corrected chi connectivity index (χ3v) is 6.24. The fourth-order valence-electron chi connectivity index (χ4n) is 4.38. The predicted octanol–water partition coefficient (Wildman–Crippen LogP) is 6.96. The molecule has 0 saturated carbocycles. The maximum atomic E-state index is 13.8. The number of amides is 2. The minimum absolute atomic E-state index is 0.0622. The van der Waals surface area contributed by atoms with Gasteiger partial charge in [-0.05, 0) is 77.4 Å². The van der Waals surface area contributed by atoms with E-state index in [4.69, 9.17) is 14.2 Å². The number of benzene rings is 3. The van der Waals surface area contributed by atoms with Crippen molar-refractivity contribution in [3.05, 3.63) is 90.8 Å². The van der Waals surface area contributed by atoms with Gasteiger partial charge in [0.2, 0.25) is 5.91 Å². The van der Waals surface area contributed by atoms with Crippen LogP contribution >= 0.6 is 0 Å². The number of imidazole rings is 1. The van der Waals surface area contributed by atoms with Gasteiger partial charge in [-0.2, -0.15) is 0 Å². The highest BCUT2D eigenvalue weighted by atomic mass is 19.1. The summed E-state index contributed by atoms with van der Waals surface area (Å²) in [6.45, 7) is 9.75. The Labute approximate surface area is 272 Å². The van der Waals surface area contributed by atoms with Crippen molar-refractivity contribution in [1.82, 2.24) is 9.55 Å². The summed E-state index contributed by atoms with van der Waals surface area (Å²) in [6, 6.07) is 15.1. The summed E-state index contributed by atoms with van der Waals surface area (Å²) in [4.78, 5) is 55.7. The van der Waals surface area contributed by atoms with Crippen LogP contribution in [0.15, 0.2) is 79.4 Å². The molecule has 2 amide bonds. The maximum Gasteiger partial charge on any atom is 0.412 e. The van der Waals surface area contributed by atoms with Gasteiger partial charge >= 0.3 is 12.1 Å². The van der Waals surface area contributed by atoms with Crippen molar-refractivity contribution in [3.8, 4) is 22.6 Å². The van der Waals surface area contributed by atoms with E-state index in [2.05, 4.69) is 15.6 Å². The first kappa shape index (κ1) is 34.4. The number of nitrogens with zero attached hydrogens (tertiary/aromatic N) is 2. The van der Waals surface area contributed by atoms with E-state index in [0.717, 1.165) is 0 Å². The van der Waals surface area contributed by atoms with Gasteiger partial charge in [-0.25, -0.2) is 19.0 Å². The minimum Gasteiger partial charge on any atom is -0.481 e. The Hall–Kier alpha value is -5.52. The normalized spacial score (nSPS) is 11.4. The number of carbonyl (C=O) groups excluding carboxylic acids is 4. The summed E-state index contributed by atoms with van der Waals surface area (Å²) >= 11 is 0. The van der Waals surface area contributed by atoms with Crippen molar-refractivity contribution in [3.63, 3.8) is 0 Å². The van der Waals surface area contributed by atoms with Gasteiger partial charge in [-0.1, -0.05) is 24.3 Å². The van der Waals surface area contributed by atoms with Crippen molar-refractivity contribution < 1.29 is 37.8 Å². The monoisotopic (exact) mass is 644 g/mol. The van der Waals surface area contributed by atoms with E-state index in [9.17, 15) is 23.6 Å². The third kappa shape index (κ3) is 10.2. The first-order valence-electron chi connectivity index (χ1n) is 14.8. The van der Waals surface area contributed by atoms with Gasteiger partial charge in [0, 0.05) is 35.3 Å². The molecule has 11 nitrogen and oxygen atoms in total. The van der Waals surface area contributed by atoms with Crippen molar-refractivity contribution in [2.45, 2.75) is 59.2 Å². The molecule has 47 heavy (non-hydrogen) atoms. The summed E-state index contributed by atoms with van der Waals surface area (Å²) in [5.74, 6) is -2.10. The molecule has 0 atom stereocenters. The molecule has 0 spiro atoms. The van der Waals surface area contributed by atoms with Crippen LogP contribution in [0.25, 0.3) is 16.8 Å². The molecule has 0 aliphatic rings. The molecule has 0 fully saturated rings. The van der Waals surface area contributed by atoms with Gasteiger partial charge in [0.25, 0.3) is 0 Å². The average molecular weight is 645 g/mol. The quantitative estimate of drug-likeness (QED) is 0.107. The molecule has 0 unspecified atom stereocenters. The molecule has 0 radical (unpaired) electrons. The zero-order chi connectivity index (χ0) is 34.4. The highest BCUT2D eigenvalue weighted by Crippen LogP contribution is 2.38. The Morgan fingerprint density at radius 1 is 0.851 bits per heavy atom. The third-order valence-electron chi connectivity index (χ3n) is 6.24. The predicted molar refractivity (Wildman–Crippen MR) is 174 cm³/mol. The summed E-state index contributed by atoms with van der Waals surface area (Å²) in [7, 11) is 0. The molecule has 4 aromatic rings. The molecule has 246 valence electrons. The molecule has 12 heteroatoms. The molecule has 4 rings (SSSR count). The number of Topliss-reactive ketones (excluding diaryl/α,β-unsaturated/α-hetero) is 1. The van der Waals surface area contributed by atoms with Crippen molar-refractivity contribution in [1.29, 1.82) is 0 Å². The van der Waals surface area contributed by atoms with Gasteiger partial charge in [0.05, 0.1) is 24.1 Å². The Morgan fingerprint density at radius 3 is 2.17 bits per heavy atom. The lowest BCUT2D eigenvalue weighted by atomic mass is 10.0. The SMILES string of the molecule is CC(C)(C)OC(=O)COc1cc(NC(=O)OC(C)(C)C)c(NC(=O)CC(=O)c2cccc(-n3ccnc3)c2)cc1-c1ccc(F)cc1. The van der Waals surface area contributed by atoms with Gasteiger partial charge in [-0.3, -0.25) is 14.9 Å². The highest BCUT2D eigenvalue weighted by Gasteiger charge is 2.23. The fraction of sp³-hybridized carbons (Fsp3) is 0.286. The van der Waals surface area contributed by atoms with E-state index in [0.29, 0.717) is 22.4 Å². The van der Waals surface area contributed by atoms with Crippen LogP contribution in [-0.4, -0.2) is 51.1 Å². The van der Waals surface area contributed by atoms with Crippen LogP contribution in [-0.2, 0) is 19.1 Å². The number of aromatic nitrogens is 2. The van der Waals surface area contributed by atoms with E-state index in [1.54, 1.807) is 89.1 Å². The van der Waals surface area contributed by atoms with E-state index in [1.165, 1.54) is 36.4 Å². The zero-order valence-electron chi connectivity index (χ0n) is 27.0. The Bertz CT molecular complexity index is 1760. The number of nitrogens with one attached hydrogen (secondary N) is 2. The van der Waals surface area contributed by atoms with Crippen LogP contribution in [0.4, 0.5) is 20.6 Å². The minimum atomic E-state index is -0.838. The van der Waals surface area contributed by atoms with Gasteiger partial charge < -0.3 is 24.1 Å². The lowest BCUT2D eigenvalue weighted by Crippen LogP contribution is -2.28. The average Bonchev–Trinajstić information content (AvgIpc) is 3.51. The lowest BCUT2D eigenvalue weighted by Gasteiger charge is -2.22. The lowest BCUT2D eigenvalue weighted by molar-refractivity contribution is -0.157. The van der Waals surface area contributed by atoms with E-state index in [1.807, 2.05) is 0 Å². The van der Waals surface area contributed by atoms with Gasteiger partial charge in [0.1, 0.15) is 22.8 Å². The summed E-state index contributed by atoms with van der Waals surface area (Å²) in [5.41, 5.74) is 0.428. The zero-order valence-corrected chi connectivity index (χ0v) is 27.0. The summed E-state index contributed by atoms with van der Waals surface area (Å²) < 4.78 is 32.2. The molecular weight excluding hydrogens is 607 g/mol. The summed E-state index contributed by atoms with van der Waals surface area (Å²) in [5, 5.41) is 5.31. The van der Waals surface area contributed by atoms with Crippen LogP contribution in [0.1, 0.15) is 58.3 Å². The molecule has 0 aliphatic heterocycles. The number of ether oxygens (including phenoxy) is 3. The number of hydrogen-bond acceptors (Lipinski definition) is 8. The molecular formula is C35H37FN4O7. The highest BCUT2D eigenvalue weighted by molar-refractivity contribution is 6.12. The second kappa shape index (κ2) is 14.3. The molecule has 3 aromatic carbocycles. The number of rotatable bonds is 10. The number of ketones is 1. The smallest absolute Gasteiger partial charge is 0.412 e. The van der Waals surface area contributed by atoms with Crippen LogP contribution < -0.4 is 15.4 Å². The molecule has 1 heterocycles. The number of hydrogen-bond donors (Lipinski definition) is 2. The maximum absolute atomic E-state index is 13.8. The van der Waals surface area contributed by atoms with Crippen LogP contribution in [0.2, 0.25) is 0 Å². The van der Waals surface area contributed by atoms with Gasteiger partial charge in [0.15, 0.2) is 12.4 Å². The molecule has 0 aliphatic carbocycles. The Kier molecular flexibility index (Phi) is 10.4. The first-order valence-corrected chi connectivity index (χ1v) is 14.8. The largest absolute Gasteiger partial charge is 0.481 e. The number of anilines is 2. The van der Waals surface area contributed by atoms with E-state index >= 15 is 0 Å². The van der Waals surface area contributed by atoms with Crippen LogP contribution in [0.5, 0.6) is 5.75 Å². The molecule has 2 N–H and O–H groups in total. The van der Waals surface area contributed by atoms with Crippen LogP contribution in [0, 0.1) is 5.82 Å². The number of esters is 1. The van der Waals surface area contributed by atoms with Crippen molar-refractivity contribution in [2.24, 2.45) is 0 Å². The molecule has 0 saturated heterocycles. The van der Waals surface area contributed by atoms with Crippen molar-refractivity contribution in [2.75, 3.05) is 17.2 Å². The Balaban J connectivity index is 1.67. The van der Waals surface area contributed by atoms with Crippen molar-refractivity contribution >= 4 is 35.1 Å². The van der Waals surface area contributed by atoms with E-state index < -0.39 is 53.8 Å². The first-order chi connectivity index (χ1) is 22.1. The topological polar surface area (TPSA) is 138 Å². The fourth-order valence-corrected chi connectivity index (χ4v) is 4.38. The molecule has 1 aromatic heterocycles. The standard InChI is InChI=1S/C35H37FN4O7/c1-34(2,3)46-32(43)20-45-30-18-28(39-33(44)47-35(4,5)6)27(17-26(30)22-10-12-24(36)13-11-22)38-31(42)19-29(41)23-8-7-9-25(16-23)40-15-14-37-21-40/h7-18,21H,19-20H2,1-6H3,(H,38,42)(H,39,44).